The first-order chi connectivity index (χ1) is 8.69. The third-order valence-electron chi connectivity index (χ3n) is 3.11. The van der Waals surface area contributed by atoms with Crippen molar-refractivity contribution in [3.05, 3.63) is 48.0 Å². The molecule has 2 rings (SSSR count). The van der Waals surface area contributed by atoms with Crippen LogP contribution >= 0.6 is 0 Å². The number of benzene rings is 2. The standard InChI is InChI=1S/C16H20O2/c1-4-17-16(3,18-5-2)15-11-10-13-8-6-7-9-14(13)12-15/h6-12H,4-5H2,1-3H3. The van der Waals surface area contributed by atoms with Gasteiger partial charge in [0, 0.05) is 18.8 Å². The van der Waals surface area contributed by atoms with E-state index in [2.05, 4.69) is 30.3 Å². The van der Waals surface area contributed by atoms with Crippen LogP contribution in [0.1, 0.15) is 26.3 Å². The fourth-order valence-electron chi connectivity index (χ4n) is 2.23. The molecule has 0 aliphatic carbocycles. The van der Waals surface area contributed by atoms with Crippen molar-refractivity contribution in [1.29, 1.82) is 0 Å². The summed E-state index contributed by atoms with van der Waals surface area (Å²) in [6.07, 6.45) is 0. The number of rotatable bonds is 5. The quantitative estimate of drug-likeness (QED) is 0.738. The highest BCUT2D eigenvalue weighted by Gasteiger charge is 2.27. The molecule has 0 aliphatic rings. The predicted molar refractivity (Wildman–Crippen MR) is 74.6 cm³/mol. The van der Waals surface area contributed by atoms with Gasteiger partial charge < -0.3 is 9.47 Å². The molecule has 0 saturated heterocycles. The number of hydrogen-bond donors (Lipinski definition) is 0. The molecule has 0 aliphatic heterocycles. The second-order valence-electron chi connectivity index (χ2n) is 4.37. The van der Waals surface area contributed by atoms with E-state index >= 15 is 0 Å². The Hall–Kier alpha value is -1.38. The van der Waals surface area contributed by atoms with E-state index in [0.717, 1.165) is 5.56 Å². The van der Waals surface area contributed by atoms with Gasteiger partial charge in [0.2, 0.25) is 0 Å². The average molecular weight is 244 g/mol. The van der Waals surface area contributed by atoms with Crippen LogP contribution < -0.4 is 0 Å². The van der Waals surface area contributed by atoms with E-state index in [1.165, 1.54) is 10.8 Å². The molecule has 2 aromatic carbocycles. The van der Waals surface area contributed by atoms with Gasteiger partial charge in [0.1, 0.15) is 0 Å². The molecule has 2 nitrogen and oxygen atoms in total. The largest absolute Gasteiger partial charge is 0.346 e. The van der Waals surface area contributed by atoms with E-state index in [1.54, 1.807) is 0 Å². The fourth-order valence-corrected chi connectivity index (χ4v) is 2.23. The van der Waals surface area contributed by atoms with Crippen LogP contribution in [0.3, 0.4) is 0 Å². The molecule has 0 fully saturated rings. The summed E-state index contributed by atoms with van der Waals surface area (Å²) in [5.41, 5.74) is 1.06. The van der Waals surface area contributed by atoms with Gasteiger partial charge in [-0.3, -0.25) is 0 Å². The maximum absolute atomic E-state index is 5.78. The van der Waals surface area contributed by atoms with E-state index in [4.69, 9.17) is 9.47 Å². The molecular formula is C16H20O2. The van der Waals surface area contributed by atoms with Crippen molar-refractivity contribution in [2.75, 3.05) is 13.2 Å². The molecule has 0 radical (unpaired) electrons. The highest BCUT2D eigenvalue weighted by molar-refractivity contribution is 5.83. The van der Waals surface area contributed by atoms with Gasteiger partial charge in [-0.1, -0.05) is 36.4 Å². The van der Waals surface area contributed by atoms with Gasteiger partial charge in [-0.05, 0) is 37.6 Å². The monoisotopic (exact) mass is 244 g/mol. The minimum Gasteiger partial charge on any atom is -0.346 e. The molecule has 0 amide bonds. The molecule has 0 atom stereocenters. The molecular weight excluding hydrogens is 224 g/mol. The maximum Gasteiger partial charge on any atom is 0.191 e. The molecule has 96 valence electrons. The Kier molecular flexibility index (Phi) is 4.00. The van der Waals surface area contributed by atoms with Crippen molar-refractivity contribution in [3.8, 4) is 0 Å². The fraction of sp³-hybridized carbons (Fsp3) is 0.375. The van der Waals surface area contributed by atoms with Crippen LogP contribution in [0.15, 0.2) is 42.5 Å². The minimum atomic E-state index is -0.659. The maximum atomic E-state index is 5.78. The Labute approximate surface area is 109 Å². The zero-order valence-electron chi connectivity index (χ0n) is 11.3. The Balaban J connectivity index is 2.44. The molecule has 2 heteroatoms. The van der Waals surface area contributed by atoms with Crippen molar-refractivity contribution >= 4 is 10.8 Å². The van der Waals surface area contributed by atoms with Crippen LogP contribution in [0, 0.1) is 0 Å². The van der Waals surface area contributed by atoms with Crippen LogP contribution in [-0.2, 0) is 15.3 Å². The summed E-state index contributed by atoms with van der Waals surface area (Å²) in [5, 5.41) is 2.44. The van der Waals surface area contributed by atoms with E-state index < -0.39 is 5.79 Å². The van der Waals surface area contributed by atoms with E-state index in [0.29, 0.717) is 13.2 Å². The summed E-state index contributed by atoms with van der Waals surface area (Å²) in [6, 6.07) is 14.6. The first kappa shape index (κ1) is 13.1. The molecule has 0 unspecified atom stereocenters. The minimum absolute atomic E-state index is 0.628. The first-order valence-electron chi connectivity index (χ1n) is 6.47. The molecule has 0 bridgehead atoms. The molecule has 0 heterocycles. The lowest BCUT2D eigenvalue weighted by Crippen LogP contribution is -2.29. The second-order valence-corrected chi connectivity index (χ2v) is 4.37. The van der Waals surface area contributed by atoms with Gasteiger partial charge in [-0.2, -0.15) is 0 Å². The summed E-state index contributed by atoms with van der Waals surface area (Å²) >= 11 is 0. The van der Waals surface area contributed by atoms with E-state index in [-0.39, 0.29) is 0 Å². The molecule has 0 aromatic heterocycles. The smallest absolute Gasteiger partial charge is 0.191 e. The van der Waals surface area contributed by atoms with E-state index in [9.17, 15) is 0 Å². The Morgan fingerprint density at radius 1 is 0.889 bits per heavy atom. The summed E-state index contributed by atoms with van der Waals surface area (Å²) in [6.45, 7) is 7.20. The van der Waals surface area contributed by atoms with Crippen molar-refractivity contribution < 1.29 is 9.47 Å². The van der Waals surface area contributed by atoms with Gasteiger partial charge in [-0.15, -0.1) is 0 Å². The average Bonchev–Trinajstić information content (AvgIpc) is 2.39. The highest BCUT2D eigenvalue weighted by Crippen LogP contribution is 2.29. The van der Waals surface area contributed by atoms with E-state index in [1.807, 2.05) is 32.9 Å². The van der Waals surface area contributed by atoms with Crippen molar-refractivity contribution in [3.63, 3.8) is 0 Å². The summed E-state index contributed by atoms with van der Waals surface area (Å²) in [5.74, 6) is -0.659. The second kappa shape index (κ2) is 5.51. The van der Waals surface area contributed by atoms with Crippen molar-refractivity contribution in [2.45, 2.75) is 26.6 Å². The van der Waals surface area contributed by atoms with Crippen LogP contribution in [0.5, 0.6) is 0 Å². The van der Waals surface area contributed by atoms with Gasteiger partial charge >= 0.3 is 0 Å². The van der Waals surface area contributed by atoms with Gasteiger partial charge in [0.25, 0.3) is 0 Å². The molecule has 0 N–H and O–H groups in total. The third-order valence-corrected chi connectivity index (χ3v) is 3.11. The summed E-state index contributed by atoms with van der Waals surface area (Å²) in [4.78, 5) is 0. The van der Waals surface area contributed by atoms with Crippen LogP contribution in [0.2, 0.25) is 0 Å². The Morgan fingerprint density at radius 2 is 1.50 bits per heavy atom. The van der Waals surface area contributed by atoms with Crippen LogP contribution in [-0.4, -0.2) is 13.2 Å². The van der Waals surface area contributed by atoms with Crippen molar-refractivity contribution in [1.82, 2.24) is 0 Å². The van der Waals surface area contributed by atoms with Gasteiger partial charge in [0.15, 0.2) is 5.79 Å². The molecule has 0 saturated carbocycles. The number of fused-ring (bicyclic) bond motifs is 1. The Bertz CT molecular complexity index is 513. The SMILES string of the molecule is CCOC(C)(OCC)c1ccc2ccccc2c1. The van der Waals surface area contributed by atoms with Crippen molar-refractivity contribution in [2.24, 2.45) is 0 Å². The molecule has 2 aromatic rings. The summed E-state index contributed by atoms with van der Waals surface area (Å²) in [7, 11) is 0. The van der Waals surface area contributed by atoms with Crippen LogP contribution in [0.25, 0.3) is 10.8 Å². The zero-order valence-corrected chi connectivity index (χ0v) is 11.3. The lowest BCUT2D eigenvalue weighted by Gasteiger charge is -2.29. The zero-order chi connectivity index (χ0) is 13.0. The molecule has 0 spiro atoms. The first-order valence-corrected chi connectivity index (χ1v) is 6.47. The van der Waals surface area contributed by atoms with Gasteiger partial charge in [-0.25, -0.2) is 0 Å². The predicted octanol–water partition coefficient (Wildman–Crippen LogP) is 4.09. The normalized spacial score (nSPS) is 11.9. The third kappa shape index (κ3) is 2.55. The lowest BCUT2D eigenvalue weighted by atomic mass is 10.0. The van der Waals surface area contributed by atoms with Crippen LogP contribution in [0.4, 0.5) is 0 Å². The number of hydrogen-bond acceptors (Lipinski definition) is 2. The molecule has 18 heavy (non-hydrogen) atoms. The lowest BCUT2D eigenvalue weighted by molar-refractivity contribution is -0.229. The number of ether oxygens (including phenoxy) is 2. The summed E-state index contributed by atoms with van der Waals surface area (Å²) < 4.78 is 11.6. The highest BCUT2D eigenvalue weighted by atomic mass is 16.7. The van der Waals surface area contributed by atoms with Gasteiger partial charge in [0.05, 0.1) is 0 Å². The topological polar surface area (TPSA) is 18.5 Å². The Morgan fingerprint density at radius 3 is 2.11 bits per heavy atom.